The molecule has 3 aliphatic heterocycles. The minimum absolute atomic E-state index is 0.195. The van der Waals surface area contributed by atoms with Crippen LogP contribution in [0.2, 0.25) is 0 Å². The van der Waals surface area contributed by atoms with Crippen molar-refractivity contribution in [3.63, 3.8) is 0 Å². The van der Waals surface area contributed by atoms with Crippen LogP contribution in [-0.4, -0.2) is 50.9 Å². The summed E-state index contributed by atoms with van der Waals surface area (Å²) >= 11 is 0. The summed E-state index contributed by atoms with van der Waals surface area (Å²) in [5.74, 6) is 1.54. The maximum atomic E-state index is 13.1. The second kappa shape index (κ2) is 7.80. The third kappa shape index (κ3) is 4.21. The minimum Gasteiger partial charge on any atom is -0.338 e. The molecule has 3 saturated heterocycles. The van der Waals surface area contributed by atoms with E-state index in [0.717, 1.165) is 44.0 Å². The van der Waals surface area contributed by atoms with Gasteiger partial charge in [0.1, 0.15) is 11.6 Å². The van der Waals surface area contributed by atoms with Gasteiger partial charge in [-0.3, -0.25) is 9.69 Å². The molecule has 144 valence electrons. The van der Waals surface area contributed by atoms with Crippen LogP contribution in [0.1, 0.15) is 30.7 Å². The number of amides is 1. The zero-order valence-electron chi connectivity index (χ0n) is 15.9. The first-order valence-corrected chi connectivity index (χ1v) is 9.82. The van der Waals surface area contributed by atoms with Crippen LogP contribution in [0.4, 0.5) is 4.39 Å². The number of nitrogens with zero attached hydrogens (tertiary/aromatic N) is 4. The minimum atomic E-state index is -0.195. The number of halogens is 1. The van der Waals surface area contributed by atoms with Crippen LogP contribution in [0, 0.1) is 18.7 Å². The lowest BCUT2D eigenvalue weighted by Gasteiger charge is -2.36. The van der Waals surface area contributed by atoms with Gasteiger partial charge in [-0.15, -0.1) is 0 Å². The fraction of sp³-hybridized carbons (Fsp3) is 0.524. The van der Waals surface area contributed by atoms with Crippen molar-refractivity contribution in [3.05, 3.63) is 53.9 Å². The largest absolute Gasteiger partial charge is 0.338 e. The lowest BCUT2D eigenvalue weighted by molar-refractivity contribution is -0.135. The van der Waals surface area contributed by atoms with Crippen molar-refractivity contribution < 1.29 is 9.18 Å². The SMILES string of the molecule is Cc1nccn1CCC(=O)N1C[C@H]2CC[C@@H]1CN(Cc1ccc(F)cc1)C2. The normalized spacial score (nSPS) is 22.8. The Morgan fingerprint density at radius 3 is 2.74 bits per heavy atom. The molecule has 3 fully saturated rings. The predicted octanol–water partition coefficient (Wildman–Crippen LogP) is 2.84. The van der Waals surface area contributed by atoms with Crippen LogP contribution in [0.5, 0.6) is 0 Å². The van der Waals surface area contributed by atoms with Crippen molar-refractivity contribution in [3.8, 4) is 0 Å². The molecule has 0 spiro atoms. The summed E-state index contributed by atoms with van der Waals surface area (Å²) in [7, 11) is 0. The van der Waals surface area contributed by atoms with Gasteiger partial charge in [0.15, 0.2) is 0 Å². The molecule has 5 nitrogen and oxygen atoms in total. The average molecular weight is 370 g/mol. The van der Waals surface area contributed by atoms with E-state index in [0.29, 0.717) is 24.9 Å². The molecule has 6 heteroatoms. The van der Waals surface area contributed by atoms with Gasteiger partial charge in [0.2, 0.25) is 5.91 Å². The van der Waals surface area contributed by atoms with E-state index in [-0.39, 0.29) is 11.7 Å². The third-order valence-corrected chi connectivity index (χ3v) is 5.92. The Balaban J connectivity index is 1.38. The van der Waals surface area contributed by atoms with Gasteiger partial charge in [0.25, 0.3) is 0 Å². The number of aromatic nitrogens is 2. The van der Waals surface area contributed by atoms with Crippen LogP contribution < -0.4 is 0 Å². The smallest absolute Gasteiger partial charge is 0.224 e. The van der Waals surface area contributed by atoms with Crippen LogP contribution in [-0.2, 0) is 17.9 Å². The first-order chi connectivity index (χ1) is 13.1. The second-order valence-corrected chi connectivity index (χ2v) is 7.88. The van der Waals surface area contributed by atoms with Gasteiger partial charge in [-0.05, 0) is 43.4 Å². The molecular formula is C21H27FN4O. The van der Waals surface area contributed by atoms with Gasteiger partial charge in [0, 0.05) is 57.6 Å². The Kier molecular flexibility index (Phi) is 5.25. The van der Waals surface area contributed by atoms with E-state index in [9.17, 15) is 9.18 Å². The maximum absolute atomic E-state index is 13.1. The van der Waals surface area contributed by atoms with Crippen LogP contribution >= 0.6 is 0 Å². The lowest BCUT2D eigenvalue weighted by atomic mass is 9.94. The van der Waals surface area contributed by atoms with E-state index in [2.05, 4.69) is 14.8 Å². The lowest BCUT2D eigenvalue weighted by Crippen LogP contribution is -2.47. The van der Waals surface area contributed by atoms with E-state index in [4.69, 9.17) is 0 Å². The van der Waals surface area contributed by atoms with Crippen molar-refractivity contribution in [2.24, 2.45) is 5.92 Å². The molecule has 1 aromatic heterocycles. The molecule has 2 bridgehead atoms. The monoisotopic (exact) mass is 370 g/mol. The number of aryl methyl sites for hydroxylation is 2. The summed E-state index contributed by atoms with van der Waals surface area (Å²) in [6, 6.07) is 7.06. The predicted molar refractivity (Wildman–Crippen MR) is 101 cm³/mol. The first-order valence-electron chi connectivity index (χ1n) is 9.82. The number of carbonyl (C=O) groups excluding carboxylic acids is 1. The highest BCUT2D eigenvalue weighted by Gasteiger charge is 2.36. The summed E-state index contributed by atoms with van der Waals surface area (Å²) in [6.45, 7) is 6.27. The summed E-state index contributed by atoms with van der Waals surface area (Å²) in [4.78, 5) is 21.7. The highest BCUT2D eigenvalue weighted by Crippen LogP contribution is 2.29. The molecule has 0 unspecified atom stereocenters. The molecule has 0 aliphatic carbocycles. The Morgan fingerprint density at radius 1 is 1.19 bits per heavy atom. The van der Waals surface area contributed by atoms with E-state index < -0.39 is 0 Å². The number of fused-ring (bicyclic) bond motifs is 4. The topological polar surface area (TPSA) is 41.4 Å². The van der Waals surface area contributed by atoms with Crippen LogP contribution in [0.3, 0.4) is 0 Å². The number of piperidine rings is 1. The molecule has 3 aliphatic rings. The molecule has 1 aromatic carbocycles. The molecule has 5 rings (SSSR count). The van der Waals surface area contributed by atoms with E-state index in [1.165, 1.54) is 18.6 Å². The fourth-order valence-corrected chi connectivity index (χ4v) is 4.46. The van der Waals surface area contributed by atoms with E-state index in [1.54, 1.807) is 6.20 Å². The molecule has 1 amide bonds. The van der Waals surface area contributed by atoms with Gasteiger partial charge in [-0.1, -0.05) is 12.1 Å². The first kappa shape index (κ1) is 18.2. The third-order valence-electron chi connectivity index (χ3n) is 5.92. The Hall–Kier alpha value is -2.21. The van der Waals surface area contributed by atoms with Crippen molar-refractivity contribution in [1.29, 1.82) is 0 Å². The van der Waals surface area contributed by atoms with Gasteiger partial charge in [0.05, 0.1) is 0 Å². The van der Waals surface area contributed by atoms with Gasteiger partial charge in [-0.2, -0.15) is 0 Å². The van der Waals surface area contributed by atoms with Crippen molar-refractivity contribution in [1.82, 2.24) is 19.4 Å². The Morgan fingerprint density at radius 2 is 2.00 bits per heavy atom. The maximum Gasteiger partial charge on any atom is 0.224 e. The molecule has 0 N–H and O–H groups in total. The summed E-state index contributed by atoms with van der Waals surface area (Å²) < 4.78 is 15.2. The van der Waals surface area contributed by atoms with Gasteiger partial charge in [-0.25, -0.2) is 9.37 Å². The summed E-state index contributed by atoms with van der Waals surface area (Å²) in [5.41, 5.74) is 1.13. The zero-order valence-corrected chi connectivity index (χ0v) is 15.9. The number of benzene rings is 1. The van der Waals surface area contributed by atoms with Crippen molar-refractivity contribution >= 4 is 5.91 Å². The summed E-state index contributed by atoms with van der Waals surface area (Å²) in [5, 5.41) is 0. The molecule has 2 aromatic rings. The van der Waals surface area contributed by atoms with Crippen molar-refractivity contribution in [2.45, 2.75) is 45.3 Å². The Bertz CT molecular complexity index is 788. The van der Waals surface area contributed by atoms with Gasteiger partial charge < -0.3 is 9.47 Å². The second-order valence-electron chi connectivity index (χ2n) is 7.88. The quantitative estimate of drug-likeness (QED) is 0.813. The van der Waals surface area contributed by atoms with Crippen LogP contribution in [0.15, 0.2) is 36.7 Å². The van der Waals surface area contributed by atoms with Crippen LogP contribution in [0.25, 0.3) is 0 Å². The number of hydrogen-bond donors (Lipinski definition) is 0. The van der Waals surface area contributed by atoms with Crippen molar-refractivity contribution in [2.75, 3.05) is 19.6 Å². The summed E-state index contributed by atoms with van der Waals surface area (Å²) in [6.07, 6.45) is 6.51. The molecule has 4 heterocycles. The zero-order chi connectivity index (χ0) is 18.8. The number of hydrogen-bond acceptors (Lipinski definition) is 3. The van der Waals surface area contributed by atoms with E-state index >= 15 is 0 Å². The molecule has 2 atom stereocenters. The highest BCUT2D eigenvalue weighted by atomic mass is 19.1. The number of rotatable bonds is 5. The number of imidazole rings is 1. The Labute approximate surface area is 159 Å². The highest BCUT2D eigenvalue weighted by molar-refractivity contribution is 5.76. The molecule has 27 heavy (non-hydrogen) atoms. The molecular weight excluding hydrogens is 343 g/mol. The molecule has 0 saturated carbocycles. The standard InChI is InChI=1S/C21H27FN4O/c1-16-23-9-11-25(16)10-8-21(27)26-14-18-4-7-20(26)15-24(13-18)12-17-2-5-19(22)6-3-17/h2-3,5-6,9,11,18,20H,4,7-8,10,12-15H2,1H3/t18-,20+/m0/s1. The van der Waals surface area contributed by atoms with Gasteiger partial charge >= 0.3 is 0 Å². The van der Waals surface area contributed by atoms with E-state index in [1.807, 2.05) is 29.8 Å². The average Bonchev–Trinajstić information content (AvgIpc) is 2.87. The fourth-order valence-electron chi connectivity index (χ4n) is 4.46. The number of carbonyl (C=O) groups is 1. The molecule has 0 radical (unpaired) electrons.